The van der Waals surface area contributed by atoms with Gasteiger partial charge in [-0.05, 0) is 35.7 Å². The smallest absolute Gasteiger partial charge is 0.328 e. The molecular weight excluding hydrogens is 330 g/mol. The van der Waals surface area contributed by atoms with Crippen molar-refractivity contribution in [2.45, 2.75) is 25.8 Å². The Bertz CT molecular complexity index is 564. The van der Waals surface area contributed by atoms with Crippen LogP contribution >= 0.6 is 15.9 Å². The fraction of sp³-hybridized carbons (Fsp3) is 0.500. The zero-order valence-corrected chi connectivity index (χ0v) is 12.7. The zero-order valence-electron chi connectivity index (χ0n) is 11.1. The average Bonchev–Trinajstić information content (AvgIpc) is 2.89. The fourth-order valence-corrected chi connectivity index (χ4v) is 2.87. The first-order valence-electron chi connectivity index (χ1n) is 6.11. The Balaban J connectivity index is 2.40. The maximum Gasteiger partial charge on any atom is 0.328 e. The van der Waals surface area contributed by atoms with Gasteiger partial charge in [0, 0.05) is 12.1 Å². The van der Waals surface area contributed by atoms with Crippen molar-refractivity contribution in [1.82, 2.24) is 4.98 Å². The van der Waals surface area contributed by atoms with Crippen LogP contribution in [0.15, 0.2) is 10.7 Å². The van der Waals surface area contributed by atoms with Crippen molar-refractivity contribution in [1.29, 1.82) is 0 Å². The van der Waals surface area contributed by atoms with E-state index in [1.807, 2.05) is 4.90 Å². The molecule has 8 heteroatoms. The first kappa shape index (κ1) is 14.7. The molecule has 1 saturated heterocycles. The molecule has 0 amide bonds. The zero-order chi connectivity index (χ0) is 14.9. The van der Waals surface area contributed by atoms with Crippen LogP contribution in [0, 0.1) is 17.0 Å². The minimum Gasteiger partial charge on any atom is -0.467 e. The van der Waals surface area contributed by atoms with Gasteiger partial charge in [-0.1, -0.05) is 0 Å². The van der Waals surface area contributed by atoms with Crippen molar-refractivity contribution >= 4 is 33.4 Å². The van der Waals surface area contributed by atoms with E-state index in [2.05, 4.69) is 20.9 Å². The third-order valence-corrected chi connectivity index (χ3v) is 4.36. The van der Waals surface area contributed by atoms with Crippen molar-refractivity contribution in [2.75, 3.05) is 18.6 Å². The predicted molar refractivity (Wildman–Crippen MR) is 75.7 cm³/mol. The van der Waals surface area contributed by atoms with Gasteiger partial charge >= 0.3 is 5.97 Å². The molecule has 1 aromatic rings. The van der Waals surface area contributed by atoms with E-state index in [0.29, 0.717) is 28.8 Å². The summed E-state index contributed by atoms with van der Waals surface area (Å²) in [5.74, 6) is 0.230. The Morgan fingerprint density at radius 1 is 1.65 bits per heavy atom. The lowest BCUT2D eigenvalue weighted by atomic mass is 10.2. The first-order chi connectivity index (χ1) is 9.47. The first-order valence-corrected chi connectivity index (χ1v) is 6.90. The molecule has 1 atom stereocenters. The van der Waals surface area contributed by atoms with E-state index in [1.165, 1.54) is 13.3 Å². The summed E-state index contributed by atoms with van der Waals surface area (Å²) < 4.78 is 5.33. The number of nitrogens with zero attached hydrogens (tertiary/aromatic N) is 3. The van der Waals surface area contributed by atoms with Crippen molar-refractivity contribution in [3.8, 4) is 0 Å². The quantitative estimate of drug-likeness (QED) is 0.475. The van der Waals surface area contributed by atoms with Crippen LogP contribution in [-0.2, 0) is 9.53 Å². The summed E-state index contributed by atoms with van der Waals surface area (Å²) in [6, 6.07) is -0.385. The minimum atomic E-state index is -0.474. The number of methoxy groups -OCH3 is 1. The lowest BCUT2D eigenvalue weighted by Crippen LogP contribution is -2.37. The lowest BCUT2D eigenvalue weighted by molar-refractivity contribution is -0.385. The molecule has 1 aromatic heterocycles. The fourth-order valence-electron chi connectivity index (χ4n) is 2.34. The number of halogens is 1. The lowest BCUT2D eigenvalue weighted by Gasteiger charge is -2.25. The Kier molecular flexibility index (Phi) is 4.22. The number of rotatable bonds is 3. The number of ether oxygens (including phenoxy) is 1. The normalized spacial score (nSPS) is 18.1. The van der Waals surface area contributed by atoms with Crippen LogP contribution in [0.2, 0.25) is 0 Å². The number of hydrogen-bond donors (Lipinski definition) is 0. The molecule has 0 saturated carbocycles. The molecule has 0 aromatic carbocycles. The molecule has 1 unspecified atom stereocenters. The second kappa shape index (κ2) is 5.74. The monoisotopic (exact) mass is 343 g/mol. The van der Waals surface area contributed by atoms with E-state index in [4.69, 9.17) is 4.74 Å². The van der Waals surface area contributed by atoms with Crippen molar-refractivity contribution in [3.63, 3.8) is 0 Å². The van der Waals surface area contributed by atoms with Gasteiger partial charge in [0.1, 0.15) is 18.1 Å². The number of carbonyl (C=O) groups excluding carboxylic acids is 1. The number of anilines is 1. The van der Waals surface area contributed by atoms with E-state index >= 15 is 0 Å². The molecule has 0 radical (unpaired) electrons. The standard InChI is InChI=1S/C12H14BrN3O4/c1-7-9(16(18)19)6-14-11(10(7)13)15-5-3-4-8(15)12(17)20-2/h6,8H,3-5H2,1-2H3. The molecule has 1 fully saturated rings. The Hall–Kier alpha value is -1.70. The Morgan fingerprint density at radius 3 is 2.95 bits per heavy atom. The summed E-state index contributed by atoms with van der Waals surface area (Å²) in [6.45, 7) is 2.32. The number of esters is 1. The van der Waals surface area contributed by atoms with Gasteiger partial charge in [0.2, 0.25) is 0 Å². The van der Waals surface area contributed by atoms with Crippen molar-refractivity contribution < 1.29 is 14.5 Å². The molecule has 7 nitrogen and oxygen atoms in total. The van der Waals surface area contributed by atoms with Crippen molar-refractivity contribution in [3.05, 3.63) is 26.3 Å². The largest absolute Gasteiger partial charge is 0.467 e. The summed E-state index contributed by atoms with van der Waals surface area (Å²) in [5.41, 5.74) is 0.449. The highest BCUT2D eigenvalue weighted by Gasteiger charge is 2.34. The minimum absolute atomic E-state index is 0.0468. The molecule has 1 aliphatic heterocycles. The summed E-state index contributed by atoms with van der Waals surface area (Å²) in [7, 11) is 1.35. The third kappa shape index (κ3) is 2.47. The van der Waals surface area contributed by atoms with Crippen LogP contribution < -0.4 is 4.90 Å². The molecule has 0 N–H and O–H groups in total. The molecule has 2 heterocycles. The van der Waals surface area contributed by atoms with E-state index < -0.39 is 4.92 Å². The maximum absolute atomic E-state index is 11.8. The Labute approximate surface area is 124 Å². The van der Waals surface area contributed by atoms with Gasteiger partial charge in [0.25, 0.3) is 5.69 Å². The van der Waals surface area contributed by atoms with Crippen LogP contribution in [0.5, 0.6) is 0 Å². The number of nitro groups is 1. The molecule has 0 spiro atoms. The summed E-state index contributed by atoms with van der Waals surface area (Å²) in [4.78, 5) is 28.1. The van der Waals surface area contributed by atoms with E-state index in [0.717, 1.165) is 6.42 Å². The van der Waals surface area contributed by atoms with Gasteiger partial charge in [-0.2, -0.15) is 0 Å². The second-order valence-electron chi connectivity index (χ2n) is 4.54. The van der Waals surface area contributed by atoms with E-state index in [-0.39, 0.29) is 17.7 Å². The highest BCUT2D eigenvalue weighted by molar-refractivity contribution is 9.10. The summed E-state index contributed by atoms with van der Waals surface area (Å²) >= 11 is 3.35. The van der Waals surface area contributed by atoms with Gasteiger partial charge in [-0.3, -0.25) is 10.1 Å². The molecule has 108 valence electrons. The maximum atomic E-state index is 11.8. The van der Waals surface area contributed by atoms with Gasteiger partial charge in [-0.25, -0.2) is 9.78 Å². The molecule has 0 aliphatic carbocycles. The predicted octanol–water partition coefficient (Wildman–Crippen LogP) is 2.20. The highest BCUT2D eigenvalue weighted by atomic mass is 79.9. The molecule has 1 aliphatic rings. The van der Waals surface area contributed by atoms with Crippen LogP contribution in [-0.4, -0.2) is 35.6 Å². The second-order valence-corrected chi connectivity index (χ2v) is 5.33. The summed E-state index contributed by atoms with van der Waals surface area (Å²) in [6.07, 6.45) is 2.77. The van der Waals surface area contributed by atoms with Crippen LogP contribution in [0.25, 0.3) is 0 Å². The average molecular weight is 344 g/mol. The van der Waals surface area contributed by atoms with E-state index in [1.54, 1.807) is 6.92 Å². The van der Waals surface area contributed by atoms with E-state index in [9.17, 15) is 14.9 Å². The molecule has 0 bridgehead atoms. The number of aromatic nitrogens is 1. The molecule has 2 rings (SSSR count). The third-order valence-electron chi connectivity index (χ3n) is 3.41. The number of hydrogen-bond acceptors (Lipinski definition) is 6. The van der Waals surface area contributed by atoms with Gasteiger partial charge in [0.05, 0.1) is 16.5 Å². The van der Waals surface area contributed by atoms with Gasteiger partial charge in [0.15, 0.2) is 0 Å². The molecule has 20 heavy (non-hydrogen) atoms. The van der Waals surface area contributed by atoms with Crippen LogP contribution in [0.3, 0.4) is 0 Å². The SMILES string of the molecule is COC(=O)C1CCCN1c1ncc([N+](=O)[O-])c(C)c1Br. The molecular formula is C12H14BrN3O4. The van der Waals surface area contributed by atoms with Gasteiger partial charge < -0.3 is 9.64 Å². The topological polar surface area (TPSA) is 85.6 Å². The van der Waals surface area contributed by atoms with Crippen molar-refractivity contribution in [2.24, 2.45) is 0 Å². The van der Waals surface area contributed by atoms with Crippen LogP contribution in [0.1, 0.15) is 18.4 Å². The number of carbonyl (C=O) groups is 1. The van der Waals surface area contributed by atoms with Gasteiger partial charge in [-0.15, -0.1) is 0 Å². The number of pyridine rings is 1. The highest BCUT2D eigenvalue weighted by Crippen LogP contribution is 2.36. The van der Waals surface area contributed by atoms with Crippen LogP contribution in [0.4, 0.5) is 11.5 Å². The Morgan fingerprint density at radius 2 is 2.35 bits per heavy atom. The summed E-state index contributed by atoms with van der Waals surface area (Å²) in [5, 5.41) is 10.9.